The SMILES string of the molecule is CCC(N)C1CCCS1(=O)=O. The molecule has 2 unspecified atom stereocenters. The minimum atomic E-state index is -2.82. The molecule has 0 amide bonds. The van der Waals surface area contributed by atoms with E-state index in [1.54, 1.807) is 0 Å². The van der Waals surface area contributed by atoms with Crippen molar-refractivity contribution >= 4 is 9.84 Å². The molecule has 0 aromatic carbocycles. The molecule has 0 aliphatic carbocycles. The van der Waals surface area contributed by atoms with Crippen molar-refractivity contribution in [3.63, 3.8) is 0 Å². The minimum absolute atomic E-state index is 0.150. The molecular formula is C7H15NO2S. The summed E-state index contributed by atoms with van der Waals surface area (Å²) in [7, 11) is -2.82. The van der Waals surface area contributed by atoms with Crippen LogP contribution in [-0.2, 0) is 9.84 Å². The molecule has 0 radical (unpaired) electrons. The van der Waals surface area contributed by atoms with Crippen LogP contribution in [0, 0.1) is 0 Å². The summed E-state index contributed by atoms with van der Waals surface area (Å²) in [6.45, 7) is 1.93. The van der Waals surface area contributed by atoms with Gasteiger partial charge in [0.1, 0.15) is 0 Å². The van der Waals surface area contributed by atoms with Gasteiger partial charge in [-0.2, -0.15) is 0 Å². The van der Waals surface area contributed by atoms with E-state index in [9.17, 15) is 8.42 Å². The van der Waals surface area contributed by atoms with Gasteiger partial charge in [0.15, 0.2) is 9.84 Å². The van der Waals surface area contributed by atoms with Crippen LogP contribution in [0.4, 0.5) is 0 Å². The summed E-state index contributed by atoms with van der Waals surface area (Å²) >= 11 is 0. The average molecular weight is 177 g/mol. The topological polar surface area (TPSA) is 60.2 Å². The van der Waals surface area contributed by atoms with E-state index < -0.39 is 9.84 Å². The van der Waals surface area contributed by atoms with Gasteiger partial charge in [-0.25, -0.2) is 8.42 Å². The maximum atomic E-state index is 11.3. The van der Waals surface area contributed by atoms with Crippen LogP contribution in [-0.4, -0.2) is 25.5 Å². The molecule has 0 bridgehead atoms. The Labute approximate surface area is 67.9 Å². The minimum Gasteiger partial charge on any atom is -0.327 e. The summed E-state index contributed by atoms with van der Waals surface area (Å²) < 4.78 is 22.6. The van der Waals surface area contributed by atoms with Gasteiger partial charge in [0.25, 0.3) is 0 Å². The summed E-state index contributed by atoms with van der Waals surface area (Å²) in [5.41, 5.74) is 5.67. The fourth-order valence-electron chi connectivity index (χ4n) is 1.56. The van der Waals surface area contributed by atoms with Crippen LogP contribution in [0.1, 0.15) is 26.2 Å². The van der Waals surface area contributed by atoms with Crippen molar-refractivity contribution in [2.24, 2.45) is 5.73 Å². The van der Waals surface area contributed by atoms with Crippen molar-refractivity contribution in [3.05, 3.63) is 0 Å². The normalized spacial score (nSPS) is 32.0. The lowest BCUT2D eigenvalue weighted by Crippen LogP contribution is -2.37. The van der Waals surface area contributed by atoms with E-state index in [2.05, 4.69) is 0 Å². The summed E-state index contributed by atoms with van der Waals surface area (Å²) in [5, 5.41) is -0.257. The second-order valence-corrected chi connectivity index (χ2v) is 5.46. The Balaban J connectivity index is 2.73. The van der Waals surface area contributed by atoms with E-state index in [4.69, 9.17) is 5.73 Å². The van der Waals surface area contributed by atoms with E-state index in [0.29, 0.717) is 5.75 Å². The monoisotopic (exact) mass is 177 g/mol. The Morgan fingerprint density at radius 1 is 1.64 bits per heavy atom. The van der Waals surface area contributed by atoms with E-state index in [1.165, 1.54) is 0 Å². The first-order valence-corrected chi connectivity index (χ1v) is 5.76. The van der Waals surface area contributed by atoms with Gasteiger partial charge in [0.05, 0.1) is 11.0 Å². The fraction of sp³-hybridized carbons (Fsp3) is 1.00. The predicted octanol–water partition coefficient (Wildman–Crippen LogP) is 0.301. The Hall–Kier alpha value is -0.0900. The van der Waals surface area contributed by atoms with E-state index in [1.807, 2.05) is 6.92 Å². The largest absolute Gasteiger partial charge is 0.327 e. The molecule has 3 nitrogen and oxygen atoms in total. The van der Waals surface area contributed by atoms with E-state index >= 15 is 0 Å². The standard InChI is InChI=1S/C7H15NO2S/c1-2-6(8)7-4-3-5-11(7,9)10/h6-7H,2-5,8H2,1H3. The third kappa shape index (κ3) is 1.73. The zero-order valence-electron chi connectivity index (χ0n) is 6.79. The molecule has 4 heteroatoms. The molecule has 0 spiro atoms. The third-order valence-corrected chi connectivity index (χ3v) is 4.69. The first-order chi connectivity index (χ1) is 5.08. The number of rotatable bonds is 2. The Kier molecular flexibility index (Phi) is 2.54. The van der Waals surface area contributed by atoms with Gasteiger partial charge in [-0.05, 0) is 19.3 Å². The molecule has 2 N–H and O–H groups in total. The van der Waals surface area contributed by atoms with Crippen LogP contribution < -0.4 is 5.73 Å². The molecule has 0 aromatic rings. The van der Waals surface area contributed by atoms with Crippen LogP contribution in [0.3, 0.4) is 0 Å². The lowest BCUT2D eigenvalue weighted by atomic mass is 10.1. The van der Waals surface area contributed by atoms with Gasteiger partial charge in [0, 0.05) is 6.04 Å². The molecule has 1 fully saturated rings. The van der Waals surface area contributed by atoms with Gasteiger partial charge in [0.2, 0.25) is 0 Å². The molecule has 1 heterocycles. The molecule has 1 aliphatic heterocycles. The molecule has 0 saturated carbocycles. The number of sulfone groups is 1. The van der Waals surface area contributed by atoms with Crippen molar-refractivity contribution < 1.29 is 8.42 Å². The molecular weight excluding hydrogens is 162 g/mol. The first-order valence-electron chi connectivity index (χ1n) is 4.05. The van der Waals surface area contributed by atoms with Crippen LogP contribution >= 0.6 is 0 Å². The fourth-order valence-corrected chi connectivity index (χ4v) is 3.68. The van der Waals surface area contributed by atoms with Gasteiger partial charge < -0.3 is 5.73 Å². The molecule has 0 aromatic heterocycles. The molecule has 11 heavy (non-hydrogen) atoms. The summed E-state index contributed by atoms with van der Waals surface area (Å²) in [5.74, 6) is 0.339. The van der Waals surface area contributed by atoms with E-state index in [-0.39, 0.29) is 11.3 Å². The van der Waals surface area contributed by atoms with Crippen LogP contribution in [0.2, 0.25) is 0 Å². The number of nitrogens with two attached hydrogens (primary N) is 1. The Morgan fingerprint density at radius 3 is 2.64 bits per heavy atom. The average Bonchev–Trinajstić information content (AvgIpc) is 2.28. The molecule has 66 valence electrons. The highest BCUT2D eigenvalue weighted by Gasteiger charge is 2.34. The van der Waals surface area contributed by atoms with Crippen LogP contribution in [0.15, 0.2) is 0 Å². The number of hydrogen-bond acceptors (Lipinski definition) is 3. The molecule has 1 aliphatic rings. The Bertz CT molecular complexity index is 223. The van der Waals surface area contributed by atoms with Crippen molar-refractivity contribution in [2.45, 2.75) is 37.5 Å². The van der Waals surface area contributed by atoms with E-state index in [0.717, 1.165) is 19.3 Å². The first kappa shape index (κ1) is 9.00. The summed E-state index contributed by atoms with van der Waals surface area (Å²) in [6, 6.07) is -0.150. The highest BCUT2D eigenvalue weighted by molar-refractivity contribution is 7.92. The van der Waals surface area contributed by atoms with Gasteiger partial charge in [-0.3, -0.25) is 0 Å². The highest BCUT2D eigenvalue weighted by atomic mass is 32.2. The van der Waals surface area contributed by atoms with Gasteiger partial charge >= 0.3 is 0 Å². The van der Waals surface area contributed by atoms with Gasteiger partial charge in [-0.15, -0.1) is 0 Å². The summed E-state index contributed by atoms with van der Waals surface area (Å²) in [4.78, 5) is 0. The smallest absolute Gasteiger partial charge is 0.154 e. The Morgan fingerprint density at radius 2 is 2.27 bits per heavy atom. The lowest BCUT2D eigenvalue weighted by molar-refractivity contribution is 0.547. The van der Waals surface area contributed by atoms with Crippen molar-refractivity contribution in [3.8, 4) is 0 Å². The zero-order valence-corrected chi connectivity index (χ0v) is 7.60. The second kappa shape index (κ2) is 3.11. The van der Waals surface area contributed by atoms with Crippen molar-refractivity contribution in [2.75, 3.05) is 5.75 Å². The second-order valence-electron chi connectivity index (χ2n) is 3.12. The maximum Gasteiger partial charge on any atom is 0.154 e. The molecule has 1 rings (SSSR count). The van der Waals surface area contributed by atoms with Crippen LogP contribution in [0.5, 0.6) is 0 Å². The zero-order chi connectivity index (χ0) is 8.48. The number of hydrogen-bond donors (Lipinski definition) is 1. The quantitative estimate of drug-likeness (QED) is 0.660. The van der Waals surface area contributed by atoms with Gasteiger partial charge in [-0.1, -0.05) is 6.92 Å². The summed E-state index contributed by atoms with van der Waals surface area (Å²) in [6.07, 6.45) is 2.31. The van der Waals surface area contributed by atoms with Crippen molar-refractivity contribution in [1.82, 2.24) is 0 Å². The molecule has 1 saturated heterocycles. The van der Waals surface area contributed by atoms with Crippen LogP contribution in [0.25, 0.3) is 0 Å². The molecule has 2 atom stereocenters. The lowest BCUT2D eigenvalue weighted by Gasteiger charge is -2.15. The highest BCUT2D eigenvalue weighted by Crippen LogP contribution is 2.22. The maximum absolute atomic E-state index is 11.3. The van der Waals surface area contributed by atoms with Crippen molar-refractivity contribution in [1.29, 1.82) is 0 Å². The predicted molar refractivity (Wildman–Crippen MR) is 45.1 cm³/mol. The third-order valence-electron chi connectivity index (χ3n) is 2.33.